The fraction of sp³-hybridized carbons (Fsp3) is 0.500. The maximum absolute atomic E-state index is 12.7. The Morgan fingerprint density at radius 3 is 3.00 bits per heavy atom. The molecule has 0 saturated heterocycles. The number of rotatable bonds is 3. The second kappa shape index (κ2) is 4.97. The van der Waals surface area contributed by atoms with Gasteiger partial charge >= 0.3 is 0 Å². The van der Waals surface area contributed by atoms with Gasteiger partial charge < -0.3 is 4.98 Å². The van der Waals surface area contributed by atoms with Gasteiger partial charge in [0.05, 0.1) is 6.67 Å². The van der Waals surface area contributed by atoms with Gasteiger partial charge in [-0.2, -0.15) is 0 Å². The number of benzene rings is 1. The lowest BCUT2D eigenvalue weighted by molar-refractivity contribution is 0.147. The number of fused-ring (bicyclic) bond motifs is 3. The lowest BCUT2D eigenvalue weighted by atomic mass is 9.97. The molecule has 0 bridgehead atoms. The van der Waals surface area contributed by atoms with Crippen LogP contribution in [0.3, 0.4) is 0 Å². The largest absolute Gasteiger partial charge is 0.357 e. The van der Waals surface area contributed by atoms with Gasteiger partial charge in [-0.1, -0.05) is 25.1 Å². The number of aromatic amines is 1. The third-order valence-electron chi connectivity index (χ3n) is 4.20. The Morgan fingerprint density at radius 2 is 2.21 bits per heavy atom. The monoisotopic (exact) mass is 260 g/mol. The highest BCUT2D eigenvalue weighted by molar-refractivity contribution is 5.84. The molecule has 0 fully saturated rings. The van der Waals surface area contributed by atoms with Gasteiger partial charge in [-0.15, -0.1) is 0 Å². The zero-order valence-electron chi connectivity index (χ0n) is 11.6. The summed E-state index contributed by atoms with van der Waals surface area (Å²) in [7, 11) is 0. The fourth-order valence-corrected chi connectivity index (χ4v) is 3.10. The summed E-state index contributed by atoms with van der Waals surface area (Å²) in [5, 5.41) is 1.35. The molecule has 2 heterocycles. The lowest BCUT2D eigenvalue weighted by Crippen LogP contribution is -2.41. The van der Waals surface area contributed by atoms with E-state index in [0.29, 0.717) is 6.04 Å². The Morgan fingerprint density at radius 1 is 1.42 bits per heavy atom. The van der Waals surface area contributed by atoms with Gasteiger partial charge in [0, 0.05) is 35.7 Å². The van der Waals surface area contributed by atoms with Crippen molar-refractivity contribution in [2.45, 2.75) is 32.9 Å². The van der Waals surface area contributed by atoms with E-state index in [1.807, 2.05) is 6.92 Å². The highest BCUT2D eigenvalue weighted by Gasteiger charge is 2.26. The molecule has 3 heteroatoms. The van der Waals surface area contributed by atoms with E-state index in [1.165, 1.54) is 22.2 Å². The summed E-state index contributed by atoms with van der Waals surface area (Å²) >= 11 is 0. The molecule has 1 unspecified atom stereocenters. The molecule has 19 heavy (non-hydrogen) atoms. The fourth-order valence-electron chi connectivity index (χ4n) is 3.10. The molecule has 0 aliphatic carbocycles. The van der Waals surface area contributed by atoms with Gasteiger partial charge in [-0.3, -0.25) is 9.29 Å². The summed E-state index contributed by atoms with van der Waals surface area (Å²) in [5.74, 6) is 0.119. The Hall–Kier alpha value is -1.35. The summed E-state index contributed by atoms with van der Waals surface area (Å²) in [5.41, 5.74) is 3.98. The number of nitrogens with zero attached hydrogens (tertiary/aromatic N) is 1. The first-order chi connectivity index (χ1) is 9.19. The molecule has 0 saturated carbocycles. The Kier molecular flexibility index (Phi) is 3.31. The average molecular weight is 260 g/mol. The van der Waals surface area contributed by atoms with E-state index in [2.05, 4.69) is 41.1 Å². The van der Waals surface area contributed by atoms with Crippen molar-refractivity contribution in [2.75, 3.05) is 13.2 Å². The average Bonchev–Trinajstić information content (AvgIpc) is 2.77. The van der Waals surface area contributed by atoms with Gasteiger partial charge in [0.1, 0.15) is 0 Å². The second-order valence-corrected chi connectivity index (χ2v) is 5.87. The molecule has 3 rings (SSSR count). The third kappa shape index (κ3) is 2.27. The van der Waals surface area contributed by atoms with E-state index in [9.17, 15) is 4.39 Å². The van der Waals surface area contributed by atoms with Crippen molar-refractivity contribution in [1.29, 1.82) is 0 Å². The molecular formula is C16H21FN2. The van der Waals surface area contributed by atoms with Gasteiger partial charge in [0.2, 0.25) is 0 Å². The minimum atomic E-state index is -0.233. The van der Waals surface area contributed by atoms with Crippen LogP contribution in [-0.4, -0.2) is 29.1 Å². The standard InChI is InChI=1S/C16H21FN2/c1-11(8-17)9-19-10-16-14(7-12(19)2)13-5-3-4-6-15(13)18-16/h3-6,11-12,18H,7-10H2,1-2H3/t11-,12?/m1/s1. The zero-order chi connectivity index (χ0) is 13.4. The van der Waals surface area contributed by atoms with Crippen LogP contribution >= 0.6 is 0 Å². The quantitative estimate of drug-likeness (QED) is 0.894. The van der Waals surface area contributed by atoms with E-state index >= 15 is 0 Å². The number of para-hydroxylation sites is 1. The van der Waals surface area contributed by atoms with Gasteiger partial charge in [0.25, 0.3) is 0 Å². The van der Waals surface area contributed by atoms with E-state index in [1.54, 1.807) is 0 Å². The molecule has 2 nitrogen and oxygen atoms in total. The van der Waals surface area contributed by atoms with Crippen molar-refractivity contribution < 1.29 is 4.39 Å². The minimum absolute atomic E-state index is 0.119. The number of nitrogens with one attached hydrogen (secondary N) is 1. The molecule has 0 radical (unpaired) electrons. The van der Waals surface area contributed by atoms with Crippen LogP contribution in [0, 0.1) is 5.92 Å². The van der Waals surface area contributed by atoms with Crippen molar-refractivity contribution in [3.8, 4) is 0 Å². The summed E-state index contributed by atoms with van der Waals surface area (Å²) in [6.07, 6.45) is 1.05. The molecule has 1 N–H and O–H groups in total. The van der Waals surface area contributed by atoms with E-state index < -0.39 is 0 Å². The molecule has 1 aliphatic rings. The molecule has 2 atom stereocenters. The maximum atomic E-state index is 12.7. The van der Waals surface area contributed by atoms with Crippen molar-refractivity contribution in [1.82, 2.24) is 9.88 Å². The number of H-pyrrole nitrogens is 1. The highest BCUT2D eigenvalue weighted by atomic mass is 19.1. The Bertz CT molecular complexity index is 575. The predicted octanol–water partition coefficient (Wildman–Crippen LogP) is 3.52. The first-order valence-electron chi connectivity index (χ1n) is 7.07. The predicted molar refractivity (Wildman–Crippen MR) is 77.0 cm³/mol. The van der Waals surface area contributed by atoms with Crippen LogP contribution in [0.2, 0.25) is 0 Å². The SMILES string of the molecule is CC1Cc2c([nH]c3ccccc23)CN1C[C@H](C)CF. The molecule has 1 aliphatic heterocycles. The molecule has 1 aromatic heterocycles. The maximum Gasteiger partial charge on any atom is 0.0932 e. The second-order valence-electron chi connectivity index (χ2n) is 5.87. The number of hydrogen-bond donors (Lipinski definition) is 1. The molecular weight excluding hydrogens is 239 g/mol. The number of aromatic nitrogens is 1. The molecule has 102 valence electrons. The van der Waals surface area contributed by atoms with Gasteiger partial charge in [0.15, 0.2) is 0 Å². The van der Waals surface area contributed by atoms with Crippen molar-refractivity contribution >= 4 is 10.9 Å². The molecule has 2 aromatic rings. The van der Waals surface area contributed by atoms with Crippen LogP contribution in [0.5, 0.6) is 0 Å². The Labute approximate surface area is 113 Å². The summed E-state index contributed by atoms with van der Waals surface area (Å²) in [4.78, 5) is 5.91. The van der Waals surface area contributed by atoms with E-state index in [0.717, 1.165) is 19.5 Å². The highest BCUT2D eigenvalue weighted by Crippen LogP contribution is 2.30. The van der Waals surface area contributed by atoms with Gasteiger partial charge in [-0.25, -0.2) is 0 Å². The van der Waals surface area contributed by atoms with Crippen LogP contribution in [0.15, 0.2) is 24.3 Å². The first kappa shape index (κ1) is 12.7. The van der Waals surface area contributed by atoms with Gasteiger partial charge in [-0.05, 0) is 30.9 Å². The van der Waals surface area contributed by atoms with Crippen LogP contribution in [0.25, 0.3) is 10.9 Å². The third-order valence-corrected chi connectivity index (χ3v) is 4.20. The van der Waals surface area contributed by atoms with Crippen LogP contribution in [0.1, 0.15) is 25.1 Å². The van der Waals surface area contributed by atoms with E-state index in [-0.39, 0.29) is 12.6 Å². The van der Waals surface area contributed by atoms with Crippen LogP contribution in [-0.2, 0) is 13.0 Å². The number of hydrogen-bond acceptors (Lipinski definition) is 1. The Balaban J connectivity index is 1.90. The topological polar surface area (TPSA) is 19.0 Å². The normalized spacial score (nSPS) is 21.5. The smallest absolute Gasteiger partial charge is 0.0932 e. The molecule has 0 spiro atoms. The minimum Gasteiger partial charge on any atom is -0.357 e. The van der Waals surface area contributed by atoms with Crippen molar-refractivity contribution in [2.24, 2.45) is 5.92 Å². The number of halogens is 1. The van der Waals surface area contributed by atoms with Crippen molar-refractivity contribution in [3.05, 3.63) is 35.5 Å². The van der Waals surface area contributed by atoms with Crippen LogP contribution < -0.4 is 0 Å². The zero-order valence-corrected chi connectivity index (χ0v) is 11.6. The summed E-state index contributed by atoms with van der Waals surface area (Å²) in [6.45, 7) is 5.74. The summed E-state index contributed by atoms with van der Waals surface area (Å²) in [6, 6.07) is 8.97. The summed E-state index contributed by atoms with van der Waals surface area (Å²) < 4.78 is 12.7. The molecule has 1 aromatic carbocycles. The van der Waals surface area contributed by atoms with E-state index in [4.69, 9.17) is 0 Å². The first-order valence-corrected chi connectivity index (χ1v) is 7.07. The van der Waals surface area contributed by atoms with Crippen molar-refractivity contribution in [3.63, 3.8) is 0 Å². The van der Waals surface area contributed by atoms with Crippen LogP contribution in [0.4, 0.5) is 4.39 Å². The molecule has 0 amide bonds. The number of alkyl halides is 1. The lowest BCUT2D eigenvalue weighted by Gasteiger charge is -2.34.